The molecule has 0 aliphatic heterocycles. The Balaban J connectivity index is 3.97. The lowest BCUT2D eigenvalue weighted by Crippen LogP contribution is -2.33. The summed E-state index contributed by atoms with van der Waals surface area (Å²) >= 11 is 0. The first-order valence-corrected chi connectivity index (χ1v) is 6.07. The highest BCUT2D eigenvalue weighted by atomic mass is 16.6. The van der Waals surface area contributed by atoms with Gasteiger partial charge in [0.2, 0.25) is 0 Å². The average molecular weight is 246 g/mol. The van der Waals surface area contributed by atoms with Crippen LogP contribution < -0.4 is 0 Å². The summed E-state index contributed by atoms with van der Waals surface area (Å²) in [7, 11) is 1.47. The Bertz CT molecular complexity index is 234. The van der Waals surface area contributed by atoms with Gasteiger partial charge in [-0.25, -0.2) is 4.79 Å². The van der Waals surface area contributed by atoms with Crippen LogP contribution in [0, 0.1) is 0 Å². The molecule has 0 aromatic heterocycles. The summed E-state index contributed by atoms with van der Waals surface area (Å²) in [5.41, 5.74) is -0.633. The number of carbonyl (C=O) groups excluding carboxylic acids is 1. The fraction of sp³-hybridized carbons (Fsp3) is 0.923. The Morgan fingerprint density at radius 1 is 1.12 bits per heavy atom. The Labute approximate surface area is 105 Å². The fourth-order valence-corrected chi connectivity index (χ4v) is 1.18. The molecule has 0 N–H and O–H groups in total. The van der Waals surface area contributed by atoms with Gasteiger partial charge in [-0.15, -0.1) is 0 Å². The summed E-state index contributed by atoms with van der Waals surface area (Å²) in [5.74, 6) is -0.341. The monoisotopic (exact) mass is 246 g/mol. The molecule has 102 valence electrons. The van der Waals surface area contributed by atoms with Crippen LogP contribution in [0.5, 0.6) is 0 Å². The molecule has 0 aliphatic rings. The molecule has 0 aliphatic carbocycles. The summed E-state index contributed by atoms with van der Waals surface area (Å²) in [6.45, 7) is 10.5. The van der Waals surface area contributed by atoms with Gasteiger partial charge in [0, 0.05) is 13.5 Å². The number of esters is 1. The highest BCUT2D eigenvalue weighted by molar-refractivity contribution is 5.71. The first kappa shape index (κ1) is 16.4. The van der Waals surface area contributed by atoms with Crippen molar-refractivity contribution in [3.05, 3.63) is 0 Å². The third-order valence-corrected chi connectivity index (χ3v) is 2.70. The Kier molecular flexibility index (Phi) is 6.72. The molecule has 0 unspecified atom stereocenters. The first-order valence-electron chi connectivity index (χ1n) is 6.07. The van der Waals surface area contributed by atoms with Crippen molar-refractivity contribution in [2.45, 2.75) is 58.7 Å². The number of hydrogen-bond acceptors (Lipinski definition) is 4. The Morgan fingerprint density at radius 3 is 2.18 bits per heavy atom. The van der Waals surface area contributed by atoms with Crippen molar-refractivity contribution in [3.63, 3.8) is 0 Å². The van der Waals surface area contributed by atoms with Crippen molar-refractivity contribution >= 4 is 5.97 Å². The van der Waals surface area contributed by atoms with Crippen LogP contribution in [0.3, 0.4) is 0 Å². The predicted octanol–water partition coefficient (Wildman–Crippen LogP) is 2.55. The minimum Gasteiger partial charge on any atom is -0.458 e. The van der Waals surface area contributed by atoms with Crippen molar-refractivity contribution in [1.29, 1.82) is 0 Å². The molecule has 4 heteroatoms. The van der Waals surface area contributed by atoms with E-state index >= 15 is 0 Å². The smallest absolute Gasteiger partial charge is 0.332 e. The van der Waals surface area contributed by atoms with E-state index in [1.165, 1.54) is 7.11 Å². The van der Waals surface area contributed by atoms with Gasteiger partial charge in [-0.3, -0.25) is 0 Å². The molecule has 0 radical (unpaired) electrons. The zero-order chi connectivity index (χ0) is 13.5. The molecule has 0 spiro atoms. The Hall–Kier alpha value is -0.610. The molecule has 0 atom stereocenters. The van der Waals surface area contributed by atoms with Crippen molar-refractivity contribution < 1.29 is 19.0 Å². The molecule has 0 saturated heterocycles. The van der Waals surface area contributed by atoms with Gasteiger partial charge < -0.3 is 14.2 Å². The van der Waals surface area contributed by atoms with Crippen molar-refractivity contribution in [1.82, 2.24) is 0 Å². The molecular formula is C13H26O4. The van der Waals surface area contributed by atoms with E-state index in [9.17, 15) is 4.79 Å². The quantitative estimate of drug-likeness (QED) is 0.617. The number of methoxy groups -OCH3 is 1. The molecule has 0 rings (SSSR count). The lowest BCUT2D eigenvalue weighted by molar-refractivity contribution is -0.163. The molecule has 0 bridgehead atoms. The van der Waals surface area contributed by atoms with Gasteiger partial charge in [0.05, 0.1) is 12.2 Å². The number of rotatable bonds is 8. The summed E-state index contributed by atoms with van der Waals surface area (Å²) in [6, 6.07) is 0. The van der Waals surface area contributed by atoms with Crippen LogP contribution in [-0.2, 0) is 19.0 Å². The van der Waals surface area contributed by atoms with E-state index in [4.69, 9.17) is 14.2 Å². The normalized spacial score (nSPS) is 12.6. The lowest BCUT2D eigenvalue weighted by Gasteiger charge is -2.28. The first-order chi connectivity index (χ1) is 7.72. The van der Waals surface area contributed by atoms with Gasteiger partial charge in [0.15, 0.2) is 0 Å². The van der Waals surface area contributed by atoms with Gasteiger partial charge in [-0.05, 0) is 34.1 Å². The summed E-state index contributed by atoms with van der Waals surface area (Å²) in [5, 5.41) is 0. The van der Waals surface area contributed by atoms with Crippen molar-refractivity contribution in [2.75, 3.05) is 20.3 Å². The topological polar surface area (TPSA) is 44.8 Å². The third-order valence-electron chi connectivity index (χ3n) is 2.70. The summed E-state index contributed by atoms with van der Waals surface area (Å²) in [6.07, 6.45) is 1.63. The second kappa shape index (κ2) is 6.97. The number of carbonyl (C=O) groups is 1. The third kappa shape index (κ3) is 8.16. The van der Waals surface area contributed by atoms with Gasteiger partial charge >= 0.3 is 5.97 Å². The highest BCUT2D eigenvalue weighted by Crippen LogP contribution is 2.19. The van der Waals surface area contributed by atoms with Crippen LogP contribution >= 0.6 is 0 Å². The number of hydrogen-bond donors (Lipinski definition) is 0. The van der Waals surface area contributed by atoms with Crippen molar-refractivity contribution in [3.8, 4) is 0 Å². The summed E-state index contributed by atoms with van der Waals surface area (Å²) < 4.78 is 15.7. The van der Waals surface area contributed by atoms with Gasteiger partial charge in [0.1, 0.15) is 12.2 Å². The largest absolute Gasteiger partial charge is 0.458 e. The molecule has 4 nitrogen and oxygen atoms in total. The second-order valence-corrected chi connectivity index (χ2v) is 5.38. The molecule has 0 aromatic carbocycles. The molecule has 0 saturated carbocycles. The number of ether oxygens (including phenoxy) is 3. The van der Waals surface area contributed by atoms with E-state index in [1.807, 2.05) is 13.8 Å². The van der Waals surface area contributed by atoms with E-state index in [0.717, 1.165) is 6.42 Å². The molecular weight excluding hydrogens is 220 g/mol. The maximum atomic E-state index is 11.3. The molecule has 0 amide bonds. The van der Waals surface area contributed by atoms with Crippen LogP contribution in [0.1, 0.15) is 47.5 Å². The van der Waals surface area contributed by atoms with E-state index in [0.29, 0.717) is 13.0 Å². The van der Waals surface area contributed by atoms with Crippen LogP contribution in [-0.4, -0.2) is 37.5 Å². The molecule has 0 aromatic rings. The maximum Gasteiger partial charge on any atom is 0.332 e. The standard InChI is InChI=1S/C13H26O4/c1-7-12(2,3)16-9-8-13(4,5)17-11(14)10-15-6/h7-10H2,1-6H3. The minimum atomic E-state index is -0.514. The SMILES string of the molecule is CCC(C)(C)OCCC(C)(C)OC(=O)COC. The lowest BCUT2D eigenvalue weighted by atomic mass is 10.0. The molecule has 0 fully saturated rings. The average Bonchev–Trinajstić information content (AvgIpc) is 2.16. The van der Waals surface area contributed by atoms with E-state index in [-0.39, 0.29) is 18.2 Å². The van der Waals surface area contributed by atoms with Gasteiger partial charge in [-0.2, -0.15) is 0 Å². The molecule has 0 heterocycles. The van der Waals surface area contributed by atoms with E-state index in [2.05, 4.69) is 20.8 Å². The zero-order valence-electron chi connectivity index (χ0n) is 12.0. The van der Waals surface area contributed by atoms with Gasteiger partial charge in [0.25, 0.3) is 0 Å². The van der Waals surface area contributed by atoms with Crippen LogP contribution in [0.15, 0.2) is 0 Å². The zero-order valence-corrected chi connectivity index (χ0v) is 12.0. The maximum absolute atomic E-state index is 11.3. The fourth-order valence-electron chi connectivity index (χ4n) is 1.18. The predicted molar refractivity (Wildman–Crippen MR) is 67.0 cm³/mol. The van der Waals surface area contributed by atoms with E-state index in [1.54, 1.807) is 0 Å². The Morgan fingerprint density at radius 2 is 1.71 bits per heavy atom. The second-order valence-electron chi connectivity index (χ2n) is 5.38. The summed E-state index contributed by atoms with van der Waals surface area (Å²) in [4.78, 5) is 11.3. The van der Waals surface area contributed by atoms with E-state index < -0.39 is 5.60 Å². The van der Waals surface area contributed by atoms with Gasteiger partial charge in [-0.1, -0.05) is 6.92 Å². The van der Waals surface area contributed by atoms with Crippen molar-refractivity contribution in [2.24, 2.45) is 0 Å². The molecule has 17 heavy (non-hydrogen) atoms. The highest BCUT2D eigenvalue weighted by Gasteiger charge is 2.24. The minimum absolute atomic E-state index is 0.00919. The van der Waals surface area contributed by atoms with Crippen LogP contribution in [0.4, 0.5) is 0 Å². The van der Waals surface area contributed by atoms with Crippen LogP contribution in [0.2, 0.25) is 0 Å². The van der Waals surface area contributed by atoms with Crippen LogP contribution in [0.25, 0.3) is 0 Å².